The van der Waals surface area contributed by atoms with Crippen molar-refractivity contribution in [3.63, 3.8) is 0 Å². The monoisotopic (exact) mass is 474 g/mol. The molecule has 0 amide bonds. The third kappa shape index (κ3) is 3.48. The minimum Gasteiger partial charge on any atom is -0.472 e. The van der Waals surface area contributed by atoms with Crippen LogP contribution in [0.3, 0.4) is 0 Å². The number of rotatable bonds is 4. The molecule has 1 N–H and O–H groups in total. The number of benzene rings is 1. The fourth-order valence-corrected chi connectivity index (χ4v) is 7.21. The molecule has 1 aromatic heterocycles. The van der Waals surface area contributed by atoms with E-state index in [2.05, 4.69) is 46.3 Å². The zero-order valence-corrected chi connectivity index (χ0v) is 20.4. The average Bonchev–Trinajstić information content (AvgIpc) is 3.58. The van der Waals surface area contributed by atoms with Gasteiger partial charge in [0, 0.05) is 53.5 Å². The third-order valence-corrected chi connectivity index (χ3v) is 8.96. The fraction of sp³-hybridized carbons (Fsp3) is 0.552. The lowest BCUT2D eigenvalue weighted by atomic mass is 9.74. The van der Waals surface area contributed by atoms with E-state index in [1.807, 2.05) is 6.92 Å². The molecule has 4 aliphatic heterocycles. The molecule has 3 fully saturated rings. The van der Waals surface area contributed by atoms with E-state index in [0.717, 1.165) is 54.7 Å². The number of nitrogens with one attached hydrogen (secondary N) is 1. The van der Waals surface area contributed by atoms with Gasteiger partial charge in [-0.2, -0.15) is 0 Å². The number of aromatic amines is 1. The van der Waals surface area contributed by atoms with Gasteiger partial charge < -0.3 is 19.2 Å². The number of fused-ring (bicyclic) bond motifs is 3. The number of aryl methyl sites for hydroxylation is 1. The predicted octanol–water partition coefficient (Wildman–Crippen LogP) is 5.06. The van der Waals surface area contributed by atoms with E-state index >= 15 is 0 Å². The third-order valence-electron chi connectivity index (χ3n) is 8.96. The SMILES string of the molecule is Cc1[nH]c2ccc3c(c2c1C(=O)OC[C@@H]1O[C@H]1C1C=CC=CC1)CC1CCCN2CCCCC12O3. The van der Waals surface area contributed by atoms with Crippen molar-refractivity contribution in [1.82, 2.24) is 9.88 Å². The van der Waals surface area contributed by atoms with Crippen LogP contribution in [-0.2, 0) is 15.9 Å². The van der Waals surface area contributed by atoms with Crippen LogP contribution in [0.25, 0.3) is 10.9 Å². The van der Waals surface area contributed by atoms with Crippen LogP contribution in [0.15, 0.2) is 36.4 Å². The standard InChI is InChI=1S/C29H34N2O4/c1-18-25(28(32)33-17-24-27(34-24)19-8-3-2-4-9-19)26-21-16-20-10-7-15-31-14-6-5-13-29(20,31)35-23(21)12-11-22(26)30-18/h2-4,8,11-12,19-20,24,27,30H,5-7,9-10,13-17H2,1H3/t19?,20?,24-,27-,29?/m0/s1. The lowest BCUT2D eigenvalue weighted by Crippen LogP contribution is -2.64. The second-order valence-corrected chi connectivity index (χ2v) is 11.0. The summed E-state index contributed by atoms with van der Waals surface area (Å²) >= 11 is 0. The van der Waals surface area contributed by atoms with Crippen molar-refractivity contribution in [3.8, 4) is 5.75 Å². The molecular formula is C29H34N2O4. The van der Waals surface area contributed by atoms with Crippen molar-refractivity contribution in [1.29, 1.82) is 0 Å². The van der Waals surface area contributed by atoms with E-state index in [9.17, 15) is 4.79 Å². The van der Waals surface area contributed by atoms with Crippen molar-refractivity contribution in [2.24, 2.45) is 11.8 Å². The molecule has 1 aliphatic carbocycles. The molecule has 0 radical (unpaired) electrons. The van der Waals surface area contributed by atoms with Crippen LogP contribution in [0.1, 0.15) is 60.1 Å². The van der Waals surface area contributed by atoms with Gasteiger partial charge in [-0.3, -0.25) is 4.90 Å². The molecule has 5 aliphatic rings. The van der Waals surface area contributed by atoms with Gasteiger partial charge in [0.2, 0.25) is 0 Å². The molecule has 5 heterocycles. The highest BCUT2D eigenvalue weighted by atomic mass is 16.6. The van der Waals surface area contributed by atoms with Gasteiger partial charge in [-0.15, -0.1) is 0 Å². The summed E-state index contributed by atoms with van der Waals surface area (Å²) in [6, 6.07) is 4.16. The Morgan fingerprint density at radius 2 is 2.14 bits per heavy atom. The van der Waals surface area contributed by atoms with Gasteiger partial charge in [-0.05, 0) is 57.6 Å². The Morgan fingerprint density at radius 1 is 1.23 bits per heavy atom. The summed E-state index contributed by atoms with van der Waals surface area (Å²) in [6.07, 6.45) is 16.6. The first kappa shape index (κ1) is 21.7. The first-order valence-electron chi connectivity index (χ1n) is 13.4. The van der Waals surface area contributed by atoms with Crippen LogP contribution in [0.5, 0.6) is 5.75 Å². The van der Waals surface area contributed by atoms with Crippen LogP contribution >= 0.6 is 0 Å². The number of aromatic nitrogens is 1. The Hall–Kier alpha value is -2.57. The normalized spacial score (nSPS) is 33.5. The first-order chi connectivity index (χ1) is 17.1. The van der Waals surface area contributed by atoms with Crippen molar-refractivity contribution in [2.45, 2.75) is 69.8 Å². The van der Waals surface area contributed by atoms with Gasteiger partial charge in [0.1, 0.15) is 18.5 Å². The van der Waals surface area contributed by atoms with Crippen LogP contribution in [-0.4, -0.2) is 53.5 Å². The number of epoxide rings is 1. The molecule has 1 aromatic carbocycles. The maximum absolute atomic E-state index is 13.4. The summed E-state index contributed by atoms with van der Waals surface area (Å²) in [5.74, 6) is 1.52. The summed E-state index contributed by atoms with van der Waals surface area (Å²) in [4.78, 5) is 19.4. The number of ether oxygens (including phenoxy) is 3. The number of esters is 1. The second kappa shape index (κ2) is 8.24. The van der Waals surface area contributed by atoms with Crippen molar-refractivity contribution >= 4 is 16.9 Å². The topological polar surface area (TPSA) is 67.1 Å². The van der Waals surface area contributed by atoms with Crippen LogP contribution in [0.4, 0.5) is 0 Å². The minimum atomic E-state index is -0.265. The Kier molecular flexibility index (Phi) is 5.11. The predicted molar refractivity (Wildman–Crippen MR) is 134 cm³/mol. The summed E-state index contributed by atoms with van der Waals surface area (Å²) in [7, 11) is 0. The fourth-order valence-electron chi connectivity index (χ4n) is 7.21. The summed E-state index contributed by atoms with van der Waals surface area (Å²) in [6.45, 7) is 4.53. The lowest BCUT2D eigenvalue weighted by Gasteiger charge is -2.56. The van der Waals surface area contributed by atoms with Gasteiger partial charge >= 0.3 is 5.97 Å². The smallest absolute Gasteiger partial charge is 0.340 e. The molecule has 2 aromatic rings. The molecule has 5 atom stereocenters. The Morgan fingerprint density at radius 3 is 3.03 bits per heavy atom. The van der Waals surface area contributed by atoms with E-state index in [4.69, 9.17) is 14.2 Å². The highest BCUT2D eigenvalue weighted by Crippen LogP contribution is 2.50. The Bertz CT molecular complexity index is 1230. The molecule has 0 bridgehead atoms. The Balaban J connectivity index is 1.15. The Labute approximate surface area is 206 Å². The highest BCUT2D eigenvalue weighted by Gasteiger charge is 2.52. The van der Waals surface area contributed by atoms with Gasteiger partial charge in [-0.25, -0.2) is 4.79 Å². The van der Waals surface area contributed by atoms with E-state index in [0.29, 0.717) is 24.0 Å². The quantitative estimate of drug-likeness (QED) is 0.496. The second-order valence-electron chi connectivity index (χ2n) is 11.0. The number of piperidine rings is 2. The van der Waals surface area contributed by atoms with E-state index < -0.39 is 0 Å². The van der Waals surface area contributed by atoms with Gasteiger partial charge in [0.25, 0.3) is 0 Å². The summed E-state index contributed by atoms with van der Waals surface area (Å²) in [5, 5.41) is 0.987. The minimum absolute atomic E-state index is 0.0118. The zero-order valence-electron chi connectivity index (χ0n) is 20.4. The summed E-state index contributed by atoms with van der Waals surface area (Å²) in [5.41, 5.74) is 3.51. The number of carbonyl (C=O) groups is 1. The number of H-pyrrole nitrogens is 1. The first-order valence-corrected chi connectivity index (χ1v) is 13.4. The van der Waals surface area contributed by atoms with E-state index in [1.165, 1.54) is 31.2 Å². The molecule has 6 nitrogen and oxygen atoms in total. The lowest BCUT2D eigenvalue weighted by molar-refractivity contribution is -0.177. The van der Waals surface area contributed by atoms with Crippen molar-refractivity contribution in [2.75, 3.05) is 19.7 Å². The van der Waals surface area contributed by atoms with Crippen LogP contribution in [0, 0.1) is 18.8 Å². The number of hydrogen-bond acceptors (Lipinski definition) is 5. The van der Waals surface area contributed by atoms with Crippen LogP contribution in [0.2, 0.25) is 0 Å². The van der Waals surface area contributed by atoms with Crippen molar-refractivity contribution in [3.05, 3.63) is 53.3 Å². The highest BCUT2D eigenvalue weighted by molar-refractivity contribution is 6.07. The van der Waals surface area contributed by atoms with Crippen molar-refractivity contribution < 1.29 is 19.0 Å². The van der Waals surface area contributed by atoms with E-state index in [-0.39, 0.29) is 23.9 Å². The number of carbonyl (C=O) groups excluding carboxylic acids is 1. The molecule has 6 heteroatoms. The largest absolute Gasteiger partial charge is 0.472 e. The zero-order chi connectivity index (χ0) is 23.6. The molecule has 3 unspecified atom stereocenters. The van der Waals surface area contributed by atoms with E-state index in [1.54, 1.807) is 0 Å². The molecular weight excluding hydrogens is 440 g/mol. The molecule has 35 heavy (non-hydrogen) atoms. The van der Waals surface area contributed by atoms with Gasteiger partial charge in [-0.1, -0.05) is 24.3 Å². The molecule has 7 rings (SSSR count). The maximum Gasteiger partial charge on any atom is 0.340 e. The number of allylic oxidation sites excluding steroid dienone is 3. The molecule has 1 spiro atoms. The average molecular weight is 475 g/mol. The maximum atomic E-state index is 13.4. The van der Waals surface area contributed by atoms with Gasteiger partial charge in [0.05, 0.1) is 11.7 Å². The molecule has 0 saturated carbocycles. The number of nitrogens with zero attached hydrogens (tertiary/aromatic N) is 1. The van der Waals surface area contributed by atoms with Crippen LogP contribution < -0.4 is 4.74 Å². The van der Waals surface area contributed by atoms with Gasteiger partial charge in [0.15, 0.2) is 5.72 Å². The summed E-state index contributed by atoms with van der Waals surface area (Å²) < 4.78 is 18.6. The molecule has 184 valence electrons. The molecule has 3 saturated heterocycles. The number of hydrogen-bond donors (Lipinski definition) is 1.